The average molecular weight is 443 g/mol. The second kappa shape index (κ2) is 8.42. The van der Waals surface area contributed by atoms with E-state index >= 15 is 0 Å². The number of aryl methyl sites for hydroxylation is 1. The van der Waals surface area contributed by atoms with Crippen LogP contribution in [-0.4, -0.2) is 67.3 Å². The van der Waals surface area contributed by atoms with Gasteiger partial charge in [0.1, 0.15) is 5.75 Å². The zero-order valence-corrected chi connectivity index (χ0v) is 18.4. The number of ether oxygens (including phenoxy) is 1. The lowest BCUT2D eigenvalue weighted by Crippen LogP contribution is -2.37. The molecular weight excluding hydrogens is 416 g/mol. The van der Waals surface area contributed by atoms with Gasteiger partial charge in [0.15, 0.2) is 5.03 Å². The predicted molar refractivity (Wildman–Crippen MR) is 108 cm³/mol. The van der Waals surface area contributed by atoms with Crippen molar-refractivity contribution in [1.82, 2.24) is 18.2 Å². The van der Waals surface area contributed by atoms with E-state index in [0.29, 0.717) is 12.2 Å². The first-order valence-corrected chi connectivity index (χ1v) is 12.2. The normalized spacial score (nSPS) is 17.4. The third-order valence-electron chi connectivity index (χ3n) is 4.53. The molecule has 0 atom stereocenters. The summed E-state index contributed by atoms with van der Waals surface area (Å²) in [4.78, 5) is 4.09. The molecule has 9 nitrogen and oxygen atoms in total. The Morgan fingerprint density at radius 2 is 1.52 bits per heavy atom. The molecule has 0 unspecified atom stereocenters. The van der Waals surface area contributed by atoms with E-state index in [4.69, 9.17) is 4.74 Å². The maximum Gasteiger partial charge on any atom is 0.262 e. The van der Waals surface area contributed by atoms with Crippen LogP contribution in [0.5, 0.6) is 5.75 Å². The second-order valence-corrected chi connectivity index (χ2v) is 11.0. The summed E-state index contributed by atoms with van der Waals surface area (Å²) in [6.07, 6.45) is 3.26. The van der Waals surface area contributed by atoms with Crippen molar-refractivity contribution in [2.75, 3.05) is 26.2 Å². The van der Waals surface area contributed by atoms with Crippen LogP contribution in [0.15, 0.2) is 46.7 Å². The van der Waals surface area contributed by atoms with Crippen LogP contribution in [0.3, 0.4) is 0 Å². The van der Waals surface area contributed by atoms with Gasteiger partial charge in [0, 0.05) is 39.4 Å². The summed E-state index contributed by atoms with van der Waals surface area (Å²) in [5.41, 5.74) is 0. The molecule has 1 fully saturated rings. The molecule has 1 aromatic carbocycles. The summed E-state index contributed by atoms with van der Waals surface area (Å²) < 4.78 is 61.3. The van der Waals surface area contributed by atoms with E-state index in [1.54, 1.807) is 23.7 Å². The van der Waals surface area contributed by atoms with E-state index in [1.165, 1.54) is 33.3 Å². The van der Waals surface area contributed by atoms with Gasteiger partial charge in [-0.05, 0) is 44.5 Å². The number of hydrogen-bond donors (Lipinski definition) is 0. The first kappa shape index (κ1) is 21.8. The predicted octanol–water partition coefficient (Wildman–Crippen LogP) is 1.29. The molecule has 0 radical (unpaired) electrons. The molecule has 1 saturated heterocycles. The maximum atomic E-state index is 13.0. The van der Waals surface area contributed by atoms with Gasteiger partial charge in [-0.3, -0.25) is 0 Å². The largest absolute Gasteiger partial charge is 0.491 e. The van der Waals surface area contributed by atoms with E-state index in [0.717, 1.165) is 0 Å². The molecule has 0 aliphatic carbocycles. The second-order valence-electron chi connectivity index (χ2n) is 7.18. The number of aromatic nitrogens is 2. The third-order valence-corrected chi connectivity index (χ3v) is 8.23. The van der Waals surface area contributed by atoms with Crippen molar-refractivity contribution in [1.29, 1.82) is 0 Å². The number of hydrogen-bond acceptors (Lipinski definition) is 6. The van der Waals surface area contributed by atoms with Crippen molar-refractivity contribution in [2.24, 2.45) is 7.05 Å². The third kappa shape index (κ3) is 4.80. The van der Waals surface area contributed by atoms with Crippen LogP contribution in [0.2, 0.25) is 0 Å². The average Bonchev–Trinajstić information content (AvgIpc) is 2.94. The highest BCUT2D eigenvalue weighted by Crippen LogP contribution is 2.23. The van der Waals surface area contributed by atoms with Gasteiger partial charge in [0.05, 0.1) is 17.3 Å². The van der Waals surface area contributed by atoms with E-state index in [1.807, 2.05) is 13.8 Å². The summed E-state index contributed by atoms with van der Waals surface area (Å²) in [6, 6.07) is 6.28. The Hall–Kier alpha value is -1.95. The van der Waals surface area contributed by atoms with Crippen molar-refractivity contribution in [2.45, 2.75) is 36.3 Å². The zero-order chi connectivity index (χ0) is 21.2. The fraction of sp³-hybridized carbons (Fsp3) is 0.500. The molecule has 2 heterocycles. The van der Waals surface area contributed by atoms with Gasteiger partial charge in [0.2, 0.25) is 10.0 Å². The maximum absolute atomic E-state index is 13.0. The Morgan fingerprint density at radius 3 is 2.03 bits per heavy atom. The van der Waals surface area contributed by atoms with Crippen LogP contribution in [-0.2, 0) is 27.1 Å². The molecule has 0 bridgehead atoms. The lowest BCUT2D eigenvalue weighted by Gasteiger charge is -2.21. The molecule has 1 aliphatic heterocycles. The van der Waals surface area contributed by atoms with Crippen LogP contribution in [0.25, 0.3) is 0 Å². The highest BCUT2D eigenvalue weighted by atomic mass is 32.2. The lowest BCUT2D eigenvalue weighted by atomic mass is 10.3. The molecule has 0 N–H and O–H groups in total. The minimum Gasteiger partial charge on any atom is -0.491 e. The molecule has 11 heteroatoms. The molecule has 0 spiro atoms. The number of benzene rings is 1. The number of nitrogens with zero attached hydrogens (tertiary/aromatic N) is 4. The van der Waals surface area contributed by atoms with Gasteiger partial charge in [-0.1, -0.05) is 0 Å². The Bertz CT molecular complexity index is 1050. The quantitative estimate of drug-likeness (QED) is 0.668. The van der Waals surface area contributed by atoms with Crippen LogP contribution in [0.4, 0.5) is 0 Å². The van der Waals surface area contributed by atoms with Gasteiger partial charge < -0.3 is 9.30 Å². The Labute approximate surface area is 172 Å². The number of rotatable bonds is 6. The van der Waals surface area contributed by atoms with Crippen LogP contribution < -0.4 is 4.74 Å². The molecular formula is C18H26N4O5S2. The standard InChI is InChI=1S/C18H26N4O5S2/c1-15(2)27-16-5-7-17(8-6-16)28(23,24)21-9-4-10-22(12-11-21)29(25,26)18-13-20(3)14-19-18/h5-8,13-15H,4,9-12H2,1-3H3. The first-order chi connectivity index (χ1) is 13.6. The van der Waals surface area contributed by atoms with Gasteiger partial charge in [-0.15, -0.1) is 0 Å². The smallest absolute Gasteiger partial charge is 0.262 e. The number of sulfonamides is 2. The molecule has 0 amide bonds. The van der Waals surface area contributed by atoms with Crippen molar-refractivity contribution in [3.05, 3.63) is 36.8 Å². The SMILES string of the molecule is CC(C)Oc1ccc(S(=O)(=O)N2CCCN(S(=O)(=O)c3cn(C)cn3)CC2)cc1. The van der Waals surface area contributed by atoms with E-state index in [-0.39, 0.29) is 42.2 Å². The van der Waals surface area contributed by atoms with Gasteiger partial charge in [-0.2, -0.15) is 8.61 Å². The van der Waals surface area contributed by atoms with Crippen molar-refractivity contribution >= 4 is 20.0 Å². The summed E-state index contributed by atoms with van der Waals surface area (Å²) in [7, 11) is -5.78. The molecule has 29 heavy (non-hydrogen) atoms. The highest BCUT2D eigenvalue weighted by Gasteiger charge is 2.32. The Balaban J connectivity index is 1.74. The zero-order valence-electron chi connectivity index (χ0n) is 16.7. The summed E-state index contributed by atoms with van der Waals surface area (Å²) in [5.74, 6) is 0.599. The highest BCUT2D eigenvalue weighted by molar-refractivity contribution is 7.89. The molecule has 1 aliphatic rings. The first-order valence-electron chi connectivity index (χ1n) is 9.35. The van der Waals surface area contributed by atoms with Crippen molar-refractivity contribution < 1.29 is 21.6 Å². The minimum absolute atomic E-state index is 0.00454. The van der Waals surface area contributed by atoms with E-state index in [9.17, 15) is 16.8 Å². The molecule has 3 rings (SSSR count). The monoisotopic (exact) mass is 442 g/mol. The van der Waals surface area contributed by atoms with Crippen molar-refractivity contribution in [3.63, 3.8) is 0 Å². The molecule has 160 valence electrons. The van der Waals surface area contributed by atoms with Gasteiger partial charge in [0.25, 0.3) is 10.0 Å². The minimum atomic E-state index is -3.75. The number of imidazole rings is 1. The molecule has 2 aromatic rings. The Kier molecular flexibility index (Phi) is 6.32. The van der Waals surface area contributed by atoms with Gasteiger partial charge >= 0.3 is 0 Å². The summed E-state index contributed by atoms with van der Waals surface area (Å²) >= 11 is 0. The van der Waals surface area contributed by atoms with Crippen LogP contribution in [0.1, 0.15) is 20.3 Å². The fourth-order valence-corrected chi connectivity index (χ4v) is 6.02. The topological polar surface area (TPSA) is 102 Å². The Morgan fingerprint density at radius 1 is 0.931 bits per heavy atom. The van der Waals surface area contributed by atoms with Crippen molar-refractivity contribution in [3.8, 4) is 5.75 Å². The summed E-state index contributed by atoms with van der Waals surface area (Å²) in [6.45, 7) is 4.44. The van der Waals surface area contributed by atoms with Crippen LogP contribution in [0, 0.1) is 0 Å². The molecule has 0 saturated carbocycles. The van der Waals surface area contributed by atoms with Gasteiger partial charge in [-0.25, -0.2) is 21.8 Å². The van der Waals surface area contributed by atoms with E-state index in [2.05, 4.69) is 4.98 Å². The van der Waals surface area contributed by atoms with E-state index < -0.39 is 20.0 Å². The molecule has 1 aromatic heterocycles. The lowest BCUT2D eigenvalue weighted by molar-refractivity contribution is 0.242. The fourth-order valence-electron chi connectivity index (χ4n) is 3.12. The van der Waals surface area contributed by atoms with Crippen LogP contribution >= 0.6 is 0 Å². The summed E-state index contributed by atoms with van der Waals surface area (Å²) in [5, 5.41) is -0.0305.